The van der Waals surface area contributed by atoms with Gasteiger partial charge in [0.1, 0.15) is 5.01 Å². The molecule has 0 saturated carbocycles. The van der Waals surface area contributed by atoms with Crippen LogP contribution in [0.2, 0.25) is 0 Å². The number of carbonyl (C=O) groups is 2. The number of amides is 1. The van der Waals surface area contributed by atoms with Crippen LogP contribution >= 0.6 is 11.3 Å². The number of aromatic nitrogens is 1. The van der Waals surface area contributed by atoms with Gasteiger partial charge in [0.25, 0.3) is 0 Å². The van der Waals surface area contributed by atoms with Crippen LogP contribution in [0.1, 0.15) is 49.0 Å². The van der Waals surface area contributed by atoms with Crippen LogP contribution in [0.5, 0.6) is 0 Å². The van der Waals surface area contributed by atoms with E-state index in [1.165, 1.54) is 23.5 Å². The van der Waals surface area contributed by atoms with Crippen LogP contribution in [0.15, 0.2) is 29.6 Å². The van der Waals surface area contributed by atoms with Crippen LogP contribution in [0.25, 0.3) is 0 Å². The zero-order valence-corrected chi connectivity index (χ0v) is 18.4. The van der Waals surface area contributed by atoms with Gasteiger partial charge in [-0.2, -0.15) is 8.42 Å². The Morgan fingerprint density at radius 3 is 2.47 bits per heavy atom. The highest BCUT2D eigenvalue weighted by molar-refractivity contribution is 7.87. The van der Waals surface area contributed by atoms with Gasteiger partial charge in [-0.05, 0) is 37.5 Å². The number of anilines is 1. The van der Waals surface area contributed by atoms with Crippen LogP contribution in [0, 0.1) is 0 Å². The highest BCUT2D eigenvalue weighted by Crippen LogP contribution is 2.24. The lowest BCUT2D eigenvalue weighted by Crippen LogP contribution is -2.30. The fourth-order valence-corrected chi connectivity index (χ4v) is 4.04. The molecule has 2 aromatic rings. The largest absolute Gasteiger partial charge is 0.466 e. The lowest BCUT2D eigenvalue weighted by atomic mass is 10.1. The first-order chi connectivity index (χ1) is 14.2. The second-order valence-corrected chi connectivity index (χ2v) is 8.48. The molecule has 9 nitrogen and oxygen atoms in total. The lowest BCUT2D eigenvalue weighted by molar-refractivity contribution is -0.144. The van der Waals surface area contributed by atoms with Crippen molar-refractivity contribution in [2.24, 2.45) is 0 Å². The van der Waals surface area contributed by atoms with Gasteiger partial charge in [0, 0.05) is 11.8 Å². The quantitative estimate of drug-likeness (QED) is 0.350. The number of benzene rings is 1. The monoisotopic (exact) mass is 455 g/mol. The summed E-state index contributed by atoms with van der Waals surface area (Å²) in [6.07, 6.45) is 1.21. The number of aryl methyl sites for hydroxylation is 1. The van der Waals surface area contributed by atoms with Gasteiger partial charge in [0.2, 0.25) is 5.91 Å². The molecule has 30 heavy (non-hydrogen) atoms. The first-order valence-corrected chi connectivity index (χ1v) is 11.8. The summed E-state index contributed by atoms with van der Waals surface area (Å²) in [5.41, 5.74) is 1.98. The molecule has 164 valence electrons. The van der Waals surface area contributed by atoms with Crippen molar-refractivity contribution in [2.45, 2.75) is 45.6 Å². The summed E-state index contributed by atoms with van der Waals surface area (Å²) < 4.78 is 37.5. The highest BCUT2D eigenvalue weighted by Gasteiger charge is 2.20. The molecule has 0 aliphatic heterocycles. The molecule has 1 aromatic carbocycles. The van der Waals surface area contributed by atoms with E-state index in [0.717, 1.165) is 22.7 Å². The molecule has 1 unspecified atom stereocenters. The summed E-state index contributed by atoms with van der Waals surface area (Å²) in [5, 5.41) is 5.60. The number of rotatable bonds is 11. The Balaban J connectivity index is 2.10. The van der Waals surface area contributed by atoms with E-state index >= 15 is 0 Å². The van der Waals surface area contributed by atoms with E-state index in [9.17, 15) is 18.0 Å². The van der Waals surface area contributed by atoms with Crippen molar-refractivity contribution in [3.05, 3.63) is 45.9 Å². The second kappa shape index (κ2) is 11.0. The van der Waals surface area contributed by atoms with Crippen LogP contribution in [0.4, 0.5) is 5.69 Å². The fraction of sp³-hybridized carbons (Fsp3) is 0.421. The molecule has 0 aliphatic rings. The number of thiazole rings is 1. The van der Waals surface area contributed by atoms with E-state index in [4.69, 9.17) is 9.29 Å². The van der Waals surface area contributed by atoms with E-state index in [-0.39, 0.29) is 31.0 Å². The topological polar surface area (TPSA) is 135 Å². The maximum atomic E-state index is 12.4. The van der Waals surface area contributed by atoms with Gasteiger partial charge in [0.15, 0.2) is 0 Å². The number of ether oxygens (including phenoxy) is 1. The maximum Gasteiger partial charge on any atom is 0.357 e. The normalized spacial score (nSPS) is 12.2. The minimum Gasteiger partial charge on any atom is -0.466 e. The molecule has 3 N–H and O–H groups in total. The van der Waals surface area contributed by atoms with Crippen molar-refractivity contribution in [3.8, 4) is 0 Å². The van der Waals surface area contributed by atoms with Crippen LogP contribution in [0.3, 0.4) is 0 Å². The second-order valence-electron chi connectivity index (χ2n) is 6.43. The molecule has 1 atom stereocenters. The van der Waals surface area contributed by atoms with Crippen molar-refractivity contribution < 1.29 is 27.3 Å². The molecule has 1 heterocycles. The predicted molar refractivity (Wildman–Crippen MR) is 114 cm³/mol. The summed E-state index contributed by atoms with van der Waals surface area (Å²) in [6.45, 7) is 3.97. The van der Waals surface area contributed by atoms with E-state index in [1.54, 1.807) is 19.1 Å². The Morgan fingerprint density at radius 1 is 1.20 bits per heavy atom. The third kappa shape index (κ3) is 8.09. The lowest BCUT2D eigenvalue weighted by Gasteiger charge is -2.17. The van der Waals surface area contributed by atoms with E-state index in [0.29, 0.717) is 6.42 Å². The number of carbonyl (C=O) groups excluding carboxylic acids is 2. The van der Waals surface area contributed by atoms with Crippen molar-refractivity contribution in [1.82, 2.24) is 10.3 Å². The minimum absolute atomic E-state index is 0.000469. The third-order valence-corrected chi connectivity index (χ3v) is 5.57. The van der Waals surface area contributed by atoms with Crippen molar-refractivity contribution in [3.63, 3.8) is 0 Å². The minimum atomic E-state index is -4.34. The first-order valence-electron chi connectivity index (χ1n) is 9.43. The van der Waals surface area contributed by atoms with Gasteiger partial charge in [-0.1, -0.05) is 19.1 Å². The van der Waals surface area contributed by atoms with Crippen LogP contribution in [-0.4, -0.2) is 36.4 Å². The molecule has 0 aliphatic carbocycles. The number of esters is 1. The van der Waals surface area contributed by atoms with E-state index in [1.807, 2.05) is 17.0 Å². The molecule has 2 rings (SSSR count). The molecule has 0 spiro atoms. The Labute approximate surface area is 179 Å². The van der Waals surface area contributed by atoms with Gasteiger partial charge in [-0.25, -0.2) is 4.98 Å². The fourth-order valence-electron chi connectivity index (χ4n) is 2.65. The summed E-state index contributed by atoms with van der Waals surface area (Å²) in [6, 6.07) is 6.02. The third-order valence-electron chi connectivity index (χ3n) is 4.07. The molecule has 1 aromatic heterocycles. The summed E-state index contributed by atoms with van der Waals surface area (Å²) >= 11 is 1.44. The molecule has 0 bridgehead atoms. The van der Waals surface area contributed by atoms with Gasteiger partial charge in [-0.15, -0.1) is 11.3 Å². The molecule has 0 fully saturated rings. The highest BCUT2D eigenvalue weighted by atomic mass is 32.2. The van der Waals surface area contributed by atoms with Gasteiger partial charge in [0.05, 0.1) is 30.5 Å². The summed E-state index contributed by atoms with van der Waals surface area (Å²) in [5.74, 6) is -0.709. The molecule has 0 radical (unpaired) electrons. The molecular formula is C19H25N3O6S2. The zero-order chi connectivity index (χ0) is 22.1. The van der Waals surface area contributed by atoms with Crippen molar-refractivity contribution in [2.75, 3.05) is 11.3 Å². The SMILES string of the molecule is CCOC(=O)CCC(=O)NC(Cc1ccc(NS(=O)(=O)O)cc1)c1nc(CC)cs1. The zero-order valence-electron chi connectivity index (χ0n) is 16.8. The van der Waals surface area contributed by atoms with Crippen LogP contribution < -0.4 is 10.0 Å². The predicted octanol–water partition coefficient (Wildman–Crippen LogP) is 2.66. The Hall–Kier alpha value is -2.50. The molecular weight excluding hydrogens is 430 g/mol. The first kappa shape index (κ1) is 23.8. The number of hydrogen-bond donors (Lipinski definition) is 3. The Kier molecular flexibility index (Phi) is 8.75. The smallest absolute Gasteiger partial charge is 0.357 e. The van der Waals surface area contributed by atoms with E-state index < -0.39 is 22.3 Å². The Bertz CT molecular complexity index is 957. The number of nitrogens with one attached hydrogen (secondary N) is 2. The summed E-state index contributed by atoms with van der Waals surface area (Å²) in [7, 11) is -4.34. The standard InChI is InChI=1S/C19H25N3O6S2/c1-3-14-12-29-19(20-14)16(21-17(23)9-10-18(24)28-4-2)11-13-5-7-15(8-6-13)22-30(25,26)27/h5-8,12,16,22H,3-4,9-11H2,1-2H3,(H,21,23)(H,25,26,27). The molecule has 1 amide bonds. The number of nitrogens with zero attached hydrogens (tertiary/aromatic N) is 1. The van der Waals surface area contributed by atoms with Crippen LogP contribution in [-0.2, 0) is 37.5 Å². The molecule has 11 heteroatoms. The average Bonchev–Trinajstić information content (AvgIpc) is 3.16. The Morgan fingerprint density at radius 2 is 1.90 bits per heavy atom. The maximum absolute atomic E-state index is 12.4. The molecule has 0 saturated heterocycles. The van der Waals surface area contributed by atoms with Gasteiger partial charge in [-0.3, -0.25) is 18.9 Å². The van der Waals surface area contributed by atoms with Crippen molar-refractivity contribution >= 4 is 39.2 Å². The van der Waals surface area contributed by atoms with Gasteiger partial charge >= 0.3 is 16.3 Å². The average molecular weight is 456 g/mol. The summed E-state index contributed by atoms with van der Waals surface area (Å²) in [4.78, 5) is 28.4. The van der Waals surface area contributed by atoms with Gasteiger partial charge < -0.3 is 10.1 Å². The van der Waals surface area contributed by atoms with Crippen molar-refractivity contribution in [1.29, 1.82) is 0 Å². The van der Waals surface area contributed by atoms with E-state index in [2.05, 4.69) is 10.3 Å². The number of hydrogen-bond acceptors (Lipinski definition) is 7.